The monoisotopic (exact) mass is 280 g/mol. The predicted octanol–water partition coefficient (Wildman–Crippen LogP) is 0.877. The highest BCUT2D eigenvalue weighted by Gasteiger charge is 2.14. The molecule has 2 aromatic rings. The molecule has 0 aliphatic carbocycles. The van der Waals surface area contributed by atoms with E-state index < -0.39 is 5.91 Å². The van der Waals surface area contributed by atoms with E-state index in [1.165, 1.54) is 4.57 Å². The zero-order chi connectivity index (χ0) is 15.2. The maximum atomic E-state index is 12.3. The van der Waals surface area contributed by atoms with Crippen LogP contribution in [0.4, 0.5) is 0 Å². The van der Waals surface area contributed by atoms with Gasteiger partial charge in [-0.3, -0.25) is 9.59 Å². The average Bonchev–Trinajstić information content (AvgIpc) is 2.50. The lowest BCUT2D eigenvalue weighted by Gasteiger charge is -2.16. The fourth-order valence-corrected chi connectivity index (χ4v) is 2.00. The van der Waals surface area contributed by atoms with Gasteiger partial charge in [0.2, 0.25) is 5.91 Å². The molecule has 2 rings (SSSR count). The molecule has 6 nitrogen and oxygen atoms in total. The van der Waals surface area contributed by atoms with Gasteiger partial charge in [-0.25, -0.2) is 0 Å². The molecule has 6 heteroatoms. The Hall–Kier alpha value is -3.12. The maximum Gasteiger partial charge on any atom is 0.258 e. The van der Waals surface area contributed by atoms with Gasteiger partial charge in [-0.1, -0.05) is 18.2 Å². The number of carbonyl (C=O) groups is 1. The Morgan fingerprint density at radius 2 is 1.81 bits per heavy atom. The van der Waals surface area contributed by atoms with E-state index in [4.69, 9.17) is 10.5 Å². The van der Waals surface area contributed by atoms with Gasteiger partial charge in [0.1, 0.15) is 19.6 Å². The molecule has 0 bridgehead atoms. The van der Waals surface area contributed by atoms with Crippen molar-refractivity contribution in [3.8, 4) is 12.1 Å². The summed E-state index contributed by atoms with van der Waals surface area (Å²) >= 11 is 0. The number of aromatic nitrogens is 1. The summed E-state index contributed by atoms with van der Waals surface area (Å²) in [5.41, 5.74) is -0.268. The van der Waals surface area contributed by atoms with Crippen molar-refractivity contribution in [2.45, 2.75) is 6.54 Å². The summed E-state index contributed by atoms with van der Waals surface area (Å²) in [6.45, 7) is -0.531. The second-order valence-corrected chi connectivity index (χ2v) is 4.40. The van der Waals surface area contributed by atoms with Crippen LogP contribution in [-0.2, 0) is 11.3 Å². The van der Waals surface area contributed by atoms with Crippen molar-refractivity contribution in [3.63, 3.8) is 0 Å². The highest BCUT2D eigenvalue weighted by molar-refractivity contribution is 5.82. The smallest absolute Gasteiger partial charge is 0.258 e. The minimum Gasteiger partial charge on any atom is -0.314 e. The molecule has 1 aromatic carbocycles. The number of fused-ring (bicyclic) bond motifs is 1. The van der Waals surface area contributed by atoms with Gasteiger partial charge in [0.15, 0.2) is 0 Å². The minimum atomic E-state index is -0.435. The standard InChI is InChI=1S/C15H12N4O2/c16-6-9-18(10-7-17)14(20)11-19-8-5-12-3-1-2-4-13(12)15(19)21/h1-5,8H,9-11H2. The van der Waals surface area contributed by atoms with Crippen LogP contribution in [-0.4, -0.2) is 28.5 Å². The van der Waals surface area contributed by atoms with Gasteiger partial charge < -0.3 is 9.47 Å². The highest BCUT2D eigenvalue weighted by atomic mass is 16.2. The lowest BCUT2D eigenvalue weighted by molar-refractivity contribution is -0.130. The summed E-state index contributed by atoms with van der Waals surface area (Å²) in [7, 11) is 0. The largest absolute Gasteiger partial charge is 0.314 e. The number of rotatable bonds is 4. The van der Waals surface area contributed by atoms with Gasteiger partial charge in [0.05, 0.1) is 12.1 Å². The highest BCUT2D eigenvalue weighted by Crippen LogP contribution is 2.08. The van der Waals surface area contributed by atoms with Crippen LogP contribution in [0.5, 0.6) is 0 Å². The molecule has 0 atom stereocenters. The molecule has 0 aliphatic heterocycles. The first-order valence-corrected chi connectivity index (χ1v) is 6.27. The maximum absolute atomic E-state index is 12.3. The summed E-state index contributed by atoms with van der Waals surface area (Å²) in [5, 5.41) is 18.6. The van der Waals surface area contributed by atoms with Crippen LogP contribution >= 0.6 is 0 Å². The number of pyridine rings is 1. The van der Waals surface area contributed by atoms with Gasteiger partial charge in [-0.05, 0) is 17.5 Å². The van der Waals surface area contributed by atoms with Gasteiger partial charge in [-0.2, -0.15) is 10.5 Å². The number of hydrogen-bond acceptors (Lipinski definition) is 4. The second kappa shape index (κ2) is 6.36. The number of amides is 1. The van der Waals surface area contributed by atoms with E-state index in [2.05, 4.69) is 0 Å². The molecule has 0 N–H and O–H groups in total. The molecule has 0 unspecified atom stereocenters. The molecule has 0 spiro atoms. The Morgan fingerprint density at radius 1 is 1.14 bits per heavy atom. The number of carbonyl (C=O) groups excluding carboxylic acids is 1. The minimum absolute atomic E-state index is 0.172. The molecule has 0 saturated heterocycles. The Labute approximate surface area is 121 Å². The van der Waals surface area contributed by atoms with E-state index in [-0.39, 0.29) is 25.2 Å². The quantitative estimate of drug-likeness (QED) is 0.777. The first kappa shape index (κ1) is 14.3. The third-order valence-electron chi connectivity index (χ3n) is 3.07. The fourth-order valence-electron chi connectivity index (χ4n) is 2.00. The van der Waals surface area contributed by atoms with Crippen LogP contribution < -0.4 is 5.56 Å². The molecular formula is C15H12N4O2. The van der Waals surface area contributed by atoms with Crippen LogP contribution in [0, 0.1) is 22.7 Å². The predicted molar refractivity (Wildman–Crippen MR) is 76.0 cm³/mol. The van der Waals surface area contributed by atoms with Gasteiger partial charge in [0.25, 0.3) is 5.56 Å². The molecule has 0 aliphatic rings. The zero-order valence-electron chi connectivity index (χ0n) is 11.2. The van der Waals surface area contributed by atoms with E-state index >= 15 is 0 Å². The van der Waals surface area contributed by atoms with Crippen LogP contribution in [0.3, 0.4) is 0 Å². The summed E-state index contributed by atoms with van der Waals surface area (Å²) < 4.78 is 1.28. The number of benzene rings is 1. The van der Waals surface area contributed by atoms with Crippen molar-refractivity contribution in [2.24, 2.45) is 0 Å². The third-order valence-corrected chi connectivity index (χ3v) is 3.07. The average molecular weight is 280 g/mol. The first-order valence-electron chi connectivity index (χ1n) is 6.27. The Balaban J connectivity index is 2.30. The van der Waals surface area contributed by atoms with E-state index in [1.54, 1.807) is 24.4 Å². The molecule has 104 valence electrons. The van der Waals surface area contributed by atoms with Gasteiger partial charge >= 0.3 is 0 Å². The SMILES string of the molecule is N#CCN(CC#N)C(=O)Cn1ccc2ccccc2c1=O. The van der Waals surface area contributed by atoms with E-state index in [0.717, 1.165) is 10.3 Å². The van der Waals surface area contributed by atoms with Crippen molar-refractivity contribution < 1.29 is 4.79 Å². The first-order chi connectivity index (χ1) is 10.2. The number of nitriles is 2. The Morgan fingerprint density at radius 3 is 2.48 bits per heavy atom. The van der Waals surface area contributed by atoms with Crippen molar-refractivity contribution in [1.29, 1.82) is 10.5 Å². The van der Waals surface area contributed by atoms with Crippen LogP contribution in [0.1, 0.15) is 0 Å². The molecule has 0 radical (unpaired) electrons. The third kappa shape index (κ3) is 3.07. The van der Waals surface area contributed by atoms with E-state index in [1.807, 2.05) is 24.3 Å². The van der Waals surface area contributed by atoms with Crippen molar-refractivity contribution >= 4 is 16.7 Å². The van der Waals surface area contributed by atoms with Crippen LogP contribution in [0.15, 0.2) is 41.3 Å². The molecule has 1 heterocycles. The second-order valence-electron chi connectivity index (χ2n) is 4.40. The Kier molecular flexibility index (Phi) is 4.33. The fraction of sp³-hybridized carbons (Fsp3) is 0.200. The molecule has 1 amide bonds. The van der Waals surface area contributed by atoms with Crippen LogP contribution in [0.2, 0.25) is 0 Å². The summed E-state index contributed by atoms with van der Waals surface area (Å²) in [5.74, 6) is -0.435. The van der Waals surface area contributed by atoms with E-state index in [0.29, 0.717) is 5.39 Å². The molecule has 0 saturated carbocycles. The van der Waals surface area contributed by atoms with Gasteiger partial charge in [-0.15, -0.1) is 0 Å². The lowest BCUT2D eigenvalue weighted by Crippen LogP contribution is -2.37. The molecule has 21 heavy (non-hydrogen) atoms. The van der Waals surface area contributed by atoms with Crippen molar-refractivity contribution in [1.82, 2.24) is 9.47 Å². The van der Waals surface area contributed by atoms with Crippen LogP contribution in [0.25, 0.3) is 10.8 Å². The molecule has 1 aromatic heterocycles. The van der Waals surface area contributed by atoms with Crippen molar-refractivity contribution in [3.05, 3.63) is 46.9 Å². The topological polar surface area (TPSA) is 89.9 Å². The number of hydrogen-bond donors (Lipinski definition) is 0. The normalized spacial score (nSPS) is 9.81. The lowest BCUT2D eigenvalue weighted by atomic mass is 10.2. The zero-order valence-corrected chi connectivity index (χ0v) is 11.2. The Bertz CT molecular complexity index is 795. The van der Waals surface area contributed by atoms with E-state index in [9.17, 15) is 9.59 Å². The van der Waals surface area contributed by atoms with Crippen molar-refractivity contribution in [2.75, 3.05) is 13.1 Å². The summed E-state index contributed by atoms with van der Waals surface area (Å²) in [6.07, 6.45) is 1.54. The van der Waals surface area contributed by atoms with Gasteiger partial charge in [0, 0.05) is 11.6 Å². The summed E-state index contributed by atoms with van der Waals surface area (Å²) in [6, 6.07) is 12.5. The summed E-state index contributed by atoms with van der Waals surface area (Å²) in [4.78, 5) is 25.4. The number of nitrogens with zero attached hydrogens (tertiary/aromatic N) is 4. The molecular weight excluding hydrogens is 268 g/mol. The molecule has 0 fully saturated rings.